The molecule has 0 heterocycles. The predicted molar refractivity (Wildman–Crippen MR) is 101 cm³/mol. The highest BCUT2D eigenvalue weighted by Gasteiger charge is 2.12. The summed E-state index contributed by atoms with van der Waals surface area (Å²) >= 11 is 15.4. The van der Waals surface area contributed by atoms with Crippen molar-refractivity contribution in [2.75, 3.05) is 19.5 Å². The molecule has 0 bridgehead atoms. The molecule has 0 saturated heterocycles. The Bertz CT molecular complexity index is 753. The molecule has 0 saturated carbocycles. The molecule has 1 N–H and O–H groups in total. The number of hydrogen-bond acceptors (Lipinski definition) is 3. The molecule has 0 unspecified atom stereocenters. The van der Waals surface area contributed by atoms with Gasteiger partial charge in [0.05, 0.1) is 24.9 Å². The van der Waals surface area contributed by atoms with Crippen LogP contribution in [0.4, 0.5) is 5.69 Å². The smallest absolute Gasteiger partial charge is 0.224 e. The van der Waals surface area contributed by atoms with Gasteiger partial charge < -0.3 is 14.8 Å². The van der Waals surface area contributed by atoms with Gasteiger partial charge in [0.15, 0.2) is 11.5 Å². The second-order valence-corrected chi connectivity index (χ2v) is 6.67. The number of aryl methyl sites for hydroxylation is 1. The third kappa shape index (κ3) is 4.79. The molecule has 0 fully saturated rings. The number of amides is 1. The van der Waals surface area contributed by atoms with Crippen LogP contribution in [0.5, 0.6) is 11.5 Å². The fraction of sp³-hybridized carbons (Fsp3) is 0.235. The SMILES string of the molecule is COc1cc(Br)c(CCC(=O)Nc2ccc(Cl)cc2Cl)cc1OC. The van der Waals surface area contributed by atoms with Crippen LogP contribution in [0.25, 0.3) is 0 Å². The Morgan fingerprint density at radius 3 is 2.42 bits per heavy atom. The highest BCUT2D eigenvalue weighted by atomic mass is 79.9. The molecular formula is C17H16BrCl2NO3. The second-order valence-electron chi connectivity index (χ2n) is 4.97. The topological polar surface area (TPSA) is 47.6 Å². The predicted octanol–water partition coefficient (Wildman–Crippen LogP) is 5.34. The number of carbonyl (C=O) groups is 1. The minimum Gasteiger partial charge on any atom is -0.493 e. The highest BCUT2D eigenvalue weighted by molar-refractivity contribution is 9.10. The van der Waals surface area contributed by atoms with Crippen molar-refractivity contribution in [3.63, 3.8) is 0 Å². The van der Waals surface area contributed by atoms with Crippen LogP contribution in [0.15, 0.2) is 34.8 Å². The van der Waals surface area contributed by atoms with E-state index in [1.54, 1.807) is 32.4 Å². The van der Waals surface area contributed by atoms with Gasteiger partial charge in [-0.05, 0) is 42.3 Å². The zero-order valence-corrected chi connectivity index (χ0v) is 16.3. The molecule has 2 aromatic carbocycles. The average molecular weight is 433 g/mol. The molecule has 0 aliphatic carbocycles. The lowest BCUT2D eigenvalue weighted by atomic mass is 10.1. The largest absolute Gasteiger partial charge is 0.493 e. The van der Waals surface area contributed by atoms with Gasteiger partial charge in [-0.25, -0.2) is 0 Å². The molecule has 0 radical (unpaired) electrons. The molecule has 0 aliphatic rings. The number of halogens is 3. The van der Waals surface area contributed by atoms with E-state index in [4.69, 9.17) is 32.7 Å². The summed E-state index contributed by atoms with van der Waals surface area (Å²) in [4.78, 5) is 12.1. The standard InChI is InChI=1S/C17H16BrCl2NO3/c1-23-15-7-10(12(18)9-16(15)24-2)3-6-17(22)21-14-5-4-11(19)8-13(14)20/h4-5,7-9H,3,6H2,1-2H3,(H,21,22). The average Bonchev–Trinajstić information content (AvgIpc) is 2.56. The minimum absolute atomic E-state index is 0.138. The summed E-state index contributed by atoms with van der Waals surface area (Å²) in [6, 6.07) is 8.61. The molecule has 2 rings (SSSR count). The van der Waals surface area contributed by atoms with Gasteiger partial charge >= 0.3 is 0 Å². The monoisotopic (exact) mass is 431 g/mol. The zero-order valence-electron chi connectivity index (χ0n) is 13.2. The fourth-order valence-corrected chi connectivity index (χ4v) is 3.12. The lowest BCUT2D eigenvalue weighted by Gasteiger charge is -2.12. The number of methoxy groups -OCH3 is 2. The van der Waals surface area contributed by atoms with Gasteiger partial charge in [-0.15, -0.1) is 0 Å². The first-order chi connectivity index (χ1) is 11.4. The van der Waals surface area contributed by atoms with E-state index in [0.29, 0.717) is 40.1 Å². The summed E-state index contributed by atoms with van der Waals surface area (Å²) in [7, 11) is 3.15. The summed E-state index contributed by atoms with van der Waals surface area (Å²) in [6.45, 7) is 0. The Balaban J connectivity index is 2.03. The molecule has 2 aromatic rings. The molecule has 4 nitrogen and oxygen atoms in total. The van der Waals surface area contributed by atoms with Crippen molar-refractivity contribution in [1.82, 2.24) is 0 Å². The van der Waals surface area contributed by atoms with E-state index in [1.165, 1.54) is 0 Å². The summed E-state index contributed by atoms with van der Waals surface area (Å²) < 4.78 is 11.4. The Labute approximate surface area is 159 Å². The first-order valence-corrected chi connectivity index (χ1v) is 8.64. The van der Waals surface area contributed by atoms with E-state index in [1.807, 2.05) is 12.1 Å². The Hall–Kier alpha value is -1.43. The zero-order chi connectivity index (χ0) is 17.7. The van der Waals surface area contributed by atoms with E-state index in [0.717, 1.165) is 10.0 Å². The lowest BCUT2D eigenvalue weighted by molar-refractivity contribution is -0.116. The molecule has 24 heavy (non-hydrogen) atoms. The third-order valence-electron chi connectivity index (χ3n) is 3.38. The Kier molecular flexibility index (Phi) is 6.78. The van der Waals surface area contributed by atoms with Gasteiger partial charge in [-0.2, -0.15) is 0 Å². The maximum atomic E-state index is 12.1. The first-order valence-electron chi connectivity index (χ1n) is 7.10. The number of hydrogen-bond donors (Lipinski definition) is 1. The van der Waals surface area contributed by atoms with Crippen molar-refractivity contribution in [1.29, 1.82) is 0 Å². The van der Waals surface area contributed by atoms with E-state index in [2.05, 4.69) is 21.2 Å². The van der Waals surface area contributed by atoms with Gasteiger partial charge in [0.25, 0.3) is 0 Å². The van der Waals surface area contributed by atoms with Crippen LogP contribution < -0.4 is 14.8 Å². The fourth-order valence-electron chi connectivity index (χ4n) is 2.14. The molecule has 0 aromatic heterocycles. The summed E-state index contributed by atoms with van der Waals surface area (Å²) in [5, 5.41) is 3.70. The first kappa shape index (κ1) is 18.9. The maximum absolute atomic E-state index is 12.1. The van der Waals surface area contributed by atoms with Crippen molar-refractivity contribution < 1.29 is 14.3 Å². The summed E-state index contributed by atoms with van der Waals surface area (Å²) in [6.07, 6.45) is 0.838. The number of anilines is 1. The quantitative estimate of drug-likeness (QED) is 0.669. The van der Waals surface area contributed by atoms with E-state index in [-0.39, 0.29) is 5.91 Å². The van der Waals surface area contributed by atoms with Crippen LogP contribution in [0.3, 0.4) is 0 Å². The third-order valence-corrected chi connectivity index (χ3v) is 4.67. The number of ether oxygens (including phenoxy) is 2. The lowest BCUT2D eigenvalue weighted by Crippen LogP contribution is -2.12. The van der Waals surface area contributed by atoms with Gasteiger partial charge in [0.1, 0.15) is 0 Å². The van der Waals surface area contributed by atoms with Gasteiger partial charge in [0.2, 0.25) is 5.91 Å². The number of rotatable bonds is 6. The van der Waals surface area contributed by atoms with E-state index in [9.17, 15) is 4.79 Å². The second kappa shape index (κ2) is 8.60. The van der Waals surface area contributed by atoms with E-state index < -0.39 is 0 Å². The summed E-state index contributed by atoms with van der Waals surface area (Å²) in [5.74, 6) is 1.11. The van der Waals surface area contributed by atoms with Crippen LogP contribution >= 0.6 is 39.1 Å². The van der Waals surface area contributed by atoms with Crippen LogP contribution in [0.1, 0.15) is 12.0 Å². The van der Waals surface area contributed by atoms with Crippen molar-refractivity contribution >= 4 is 50.7 Å². The maximum Gasteiger partial charge on any atom is 0.224 e. The van der Waals surface area contributed by atoms with Crippen LogP contribution in [-0.4, -0.2) is 20.1 Å². The highest BCUT2D eigenvalue weighted by Crippen LogP contribution is 2.34. The number of nitrogens with one attached hydrogen (secondary N) is 1. The summed E-state index contributed by atoms with van der Waals surface area (Å²) in [5.41, 5.74) is 1.49. The molecule has 0 spiro atoms. The van der Waals surface area contributed by atoms with Gasteiger partial charge in [0, 0.05) is 15.9 Å². The van der Waals surface area contributed by atoms with Gasteiger partial charge in [-0.3, -0.25) is 4.79 Å². The van der Waals surface area contributed by atoms with Gasteiger partial charge in [-0.1, -0.05) is 39.1 Å². The van der Waals surface area contributed by atoms with Crippen molar-refractivity contribution in [3.8, 4) is 11.5 Å². The van der Waals surface area contributed by atoms with Crippen molar-refractivity contribution in [3.05, 3.63) is 50.4 Å². The molecule has 1 amide bonds. The molecule has 128 valence electrons. The van der Waals surface area contributed by atoms with Crippen molar-refractivity contribution in [2.24, 2.45) is 0 Å². The van der Waals surface area contributed by atoms with E-state index >= 15 is 0 Å². The van der Waals surface area contributed by atoms with Crippen LogP contribution in [0.2, 0.25) is 10.0 Å². The molecule has 7 heteroatoms. The van der Waals surface area contributed by atoms with Crippen LogP contribution in [-0.2, 0) is 11.2 Å². The number of carbonyl (C=O) groups excluding carboxylic acids is 1. The molecule has 0 atom stereocenters. The Morgan fingerprint density at radius 1 is 1.12 bits per heavy atom. The van der Waals surface area contributed by atoms with Crippen molar-refractivity contribution in [2.45, 2.75) is 12.8 Å². The Morgan fingerprint density at radius 2 is 1.79 bits per heavy atom. The normalized spacial score (nSPS) is 10.4. The number of benzene rings is 2. The minimum atomic E-state index is -0.138. The van der Waals surface area contributed by atoms with Crippen LogP contribution in [0, 0.1) is 0 Å². The molecule has 0 aliphatic heterocycles. The molecular weight excluding hydrogens is 417 g/mol.